The van der Waals surface area contributed by atoms with Crippen molar-refractivity contribution in [2.75, 3.05) is 0 Å². The van der Waals surface area contributed by atoms with Gasteiger partial charge in [0, 0.05) is 11.6 Å². The standard InChI is InChI=1S/C13H18N4O/c1-9(14-12(18)13(2,3)4)11-16-15-10-7-5-6-8-17(10)11/h5-9H,1-4H3,(H,14,18)/t9-/m0/s1. The van der Waals surface area contributed by atoms with Crippen LogP contribution in [-0.4, -0.2) is 20.5 Å². The highest BCUT2D eigenvalue weighted by Crippen LogP contribution is 2.17. The maximum Gasteiger partial charge on any atom is 0.225 e. The number of carbonyl (C=O) groups is 1. The van der Waals surface area contributed by atoms with Crippen LogP contribution in [-0.2, 0) is 4.79 Å². The molecule has 1 N–H and O–H groups in total. The van der Waals surface area contributed by atoms with Crippen LogP contribution in [0.15, 0.2) is 24.4 Å². The molecule has 1 atom stereocenters. The maximum atomic E-state index is 11.9. The molecule has 0 aliphatic rings. The highest BCUT2D eigenvalue weighted by molar-refractivity contribution is 5.81. The van der Waals surface area contributed by atoms with Crippen molar-refractivity contribution in [2.45, 2.75) is 33.7 Å². The predicted molar refractivity (Wildman–Crippen MR) is 69.0 cm³/mol. The van der Waals surface area contributed by atoms with E-state index in [1.807, 2.05) is 56.5 Å². The number of fused-ring (bicyclic) bond motifs is 1. The van der Waals surface area contributed by atoms with Gasteiger partial charge < -0.3 is 5.32 Å². The van der Waals surface area contributed by atoms with Crippen molar-refractivity contribution in [3.05, 3.63) is 30.2 Å². The minimum absolute atomic E-state index is 0.00248. The van der Waals surface area contributed by atoms with Crippen molar-refractivity contribution in [1.29, 1.82) is 0 Å². The van der Waals surface area contributed by atoms with E-state index in [-0.39, 0.29) is 11.9 Å². The Balaban J connectivity index is 2.24. The first-order valence-corrected chi connectivity index (χ1v) is 6.00. The molecule has 1 amide bonds. The maximum absolute atomic E-state index is 11.9. The molecule has 0 aliphatic carbocycles. The van der Waals surface area contributed by atoms with Gasteiger partial charge in [0.05, 0.1) is 6.04 Å². The van der Waals surface area contributed by atoms with Crippen LogP contribution in [0, 0.1) is 5.41 Å². The zero-order valence-electron chi connectivity index (χ0n) is 11.1. The molecule has 0 aliphatic heterocycles. The zero-order valence-corrected chi connectivity index (χ0v) is 11.1. The molecular weight excluding hydrogens is 228 g/mol. The van der Waals surface area contributed by atoms with Gasteiger partial charge in [0.25, 0.3) is 0 Å². The molecule has 0 spiro atoms. The second-order valence-electron chi connectivity index (χ2n) is 5.43. The number of nitrogens with one attached hydrogen (secondary N) is 1. The summed E-state index contributed by atoms with van der Waals surface area (Å²) in [4.78, 5) is 11.9. The van der Waals surface area contributed by atoms with Crippen molar-refractivity contribution >= 4 is 11.6 Å². The van der Waals surface area contributed by atoms with E-state index in [0.717, 1.165) is 11.5 Å². The van der Waals surface area contributed by atoms with E-state index in [1.165, 1.54) is 0 Å². The highest BCUT2D eigenvalue weighted by Gasteiger charge is 2.24. The zero-order chi connectivity index (χ0) is 13.3. The van der Waals surface area contributed by atoms with E-state index in [0.29, 0.717) is 0 Å². The Bertz CT molecular complexity index is 568. The average molecular weight is 246 g/mol. The van der Waals surface area contributed by atoms with Crippen LogP contribution in [0.1, 0.15) is 39.6 Å². The number of hydrogen-bond donors (Lipinski definition) is 1. The Hall–Kier alpha value is -1.91. The first-order valence-electron chi connectivity index (χ1n) is 6.00. The molecule has 0 unspecified atom stereocenters. The van der Waals surface area contributed by atoms with E-state index in [1.54, 1.807) is 0 Å². The fourth-order valence-electron chi connectivity index (χ4n) is 1.63. The second kappa shape index (κ2) is 4.40. The number of pyridine rings is 1. The molecule has 2 rings (SSSR count). The van der Waals surface area contributed by atoms with Gasteiger partial charge in [-0.05, 0) is 19.1 Å². The average Bonchev–Trinajstić information content (AvgIpc) is 2.71. The molecule has 2 heterocycles. The van der Waals surface area contributed by atoms with E-state index in [2.05, 4.69) is 15.5 Å². The van der Waals surface area contributed by atoms with Crippen LogP contribution >= 0.6 is 0 Å². The molecule has 0 fully saturated rings. The van der Waals surface area contributed by atoms with E-state index < -0.39 is 5.41 Å². The van der Waals surface area contributed by atoms with Gasteiger partial charge in [0.2, 0.25) is 5.91 Å². The third-order valence-electron chi connectivity index (χ3n) is 2.76. The minimum Gasteiger partial charge on any atom is -0.346 e. The number of rotatable bonds is 2. The molecular formula is C13H18N4O. The van der Waals surface area contributed by atoms with Crippen LogP contribution in [0.3, 0.4) is 0 Å². The van der Waals surface area contributed by atoms with Crippen LogP contribution in [0.25, 0.3) is 5.65 Å². The first kappa shape index (κ1) is 12.5. The van der Waals surface area contributed by atoms with Gasteiger partial charge in [-0.15, -0.1) is 10.2 Å². The van der Waals surface area contributed by atoms with Gasteiger partial charge in [-0.25, -0.2) is 0 Å². The van der Waals surface area contributed by atoms with Crippen molar-refractivity contribution in [2.24, 2.45) is 5.41 Å². The third kappa shape index (κ3) is 2.34. The number of carbonyl (C=O) groups excluding carboxylic acids is 1. The molecule has 2 aromatic rings. The van der Waals surface area contributed by atoms with Gasteiger partial charge in [-0.3, -0.25) is 9.20 Å². The number of amides is 1. The third-order valence-corrected chi connectivity index (χ3v) is 2.76. The van der Waals surface area contributed by atoms with Crippen LogP contribution in [0.2, 0.25) is 0 Å². The fourth-order valence-corrected chi connectivity index (χ4v) is 1.63. The molecule has 0 aromatic carbocycles. The van der Waals surface area contributed by atoms with Crippen LogP contribution in [0.4, 0.5) is 0 Å². The summed E-state index contributed by atoms with van der Waals surface area (Å²) in [6.45, 7) is 7.57. The highest BCUT2D eigenvalue weighted by atomic mass is 16.2. The van der Waals surface area contributed by atoms with Gasteiger partial charge in [0.1, 0.15) is 0 Å². The molecule has 0 radical (unpaired) electrons. The van der Waals surface area contributed by atoms with E-state index in [4.69, 9.17) is 0 Å². The molecule has 0 bridgehead atoms. The monoisotopic (exact) mass is 246 g/mol. The van der Waals surface area contributed by atoms with Crippen molar-refractivity contribution in [1.82, 2.24) is 19.9 Å². The Kier molecular flexibility index (Phi) is 3.07. The summed E-state index contributed by atoms with van der Waals surface area (Å²) < 4.78 is 1.88. The van der Waals surface area contributed by atoms with E-state index >= 15 is 0 Å². The summed E-state index contributed by atoms with van der Waals surface area (Å²) in [6, 6.07) is 5.54. The van der Waals surface area contributed by atoms with Crippen molar-refractivity contribution in [3.8, 4) is 0 Å². The first-order chi connectivity index (χ1) is 8.39. The molecule has 96 valence electrons. The lowest BCUT2D eigenvalue weighted by atomic mass is 9.95. The fraction of sp³-hybridized carbons (Fsp3) is 0.462. The number of hydrogen-bond acceptors (Lipinski definition) is 3. The Morgan fingerprint density at radius 1 is 1.33 bits per heavy atom. The summed E-state index contributed by atoms with van der Waals surface area (Å²) in [6.07, 6.45) is 1.89. The number of nitrogens with zero attached hydrogens (tertiary/aromatic N) is 3. The molecule has 2 aromatic heterocycles. The molecule has 5 nitrogen and oxygen atoms in total. The smallest absolute Gasteiger partial charge is 0.225 e. The van der Waals surface area contributed by atoms with Crippen molar-refractivity contribution in [3.63, 3.8) is 0 Å². The molecule has 0 saturated heterocycles. The predicted octanol–water partition coefficient (Wildman–Crippen LogP) is 1.95. The number of aromatic nitrogens is 3. The Morgan fingerprint density at radius 3 is 2.72 bits per heavy atom. The normalized spacial score (nSPS) is 13.6. The second-order valence-corrected chi connectivity index (χ2v) is 5.43. The van der Waals surface area contributed by atoms with Crippen molar-refractivity contribution < 1.29 is 4.79 Å². The lowest BCUT2D eigenvalue weighted by molar-refractivity contribution is -0.129. The molecule has 5 heteroatoms. The summed E-state index contributed by atoms with van der Waals surface area (Å²) in [5, 5.41) is 11.2. The lowest BCUT2D eigenvalue weighted by Crippen LogP contribution is -2.37. The van der Waals surface area contributed by atoms with Gasteiger partial charge in [0.15, 0.2) is 11.5 Å². The van der Waals surface area contributed by atoms with Gasteiger partial charge in [-0.2, -0.15) is 0 Å². The summed E-state index contributed by atoms with van der Waals surface area (Å²) in [5.74, 6) is 0.742. The van der Waals surface area contributed by atoms with E-state index in [9.17, 15) is 4.79 Å². The Labute approximate surface area is 106 Å². The molecule has 18 heavy (non-hydrogen) atoms. The largest absolute Gasteiger partial charge is 0.346 e. The quantitative estimate of drug-likeness (QED) is 0.881. The molecule has 0 saturated carbocycles. The van der Waals surface area contributed by atoms with Crippen LogP contribution in [0.5, 0.6) is 0 Å². The lowest BCUT2D eigenvalue weighted by Gasteiger charge is -2.20. The minimum atomic E-state index is -0.408. The van der Waals surface area contributed by atoms with Gasteiger partial charge in [-0.1, -0.05) is 26.8 Å². The summed E-state index contributed by atoms with van der Waals surface area (Å²) in [5.41, 5.74) is 0.374. The van der Waals surface area contributed by atoms with Gasteiger partial charge >= 0.3 is 0 Å². The SMILES string of the molecule is C[C@H](NC(=O)C(C)(C)C)c1nnc2ccccn12. The Morgan fingerprint density at radius 2 is 2.06 bits per heavy atom. The van der Waals surface area contributed by atoms with Crippen LogP contribution < -0.4 is 5.32 Å². The summed E-state index contributed by atoms with van der Waals surface area (Å²) >= 11 is 0. The summed E-state index contributed by atoms with van der Waals surface area (Å²) in [7, 11) is 0. The topological polar surface area (TPSA) is 59.3 Å².